The quantitative estimate of drug-likeness (QED) is 0.862. The Morgan fingerprint density at radius 1 is 1.13 bits per heavy atom. The van der Waals surface area contributed by atoms with E-state index in [9.17, 15) is 9.59 Å². The van der Waals surface area contributed by atoms with Gasteiger partial charge in [0.2, 0.25) is 5.91 Å². The Morgan fingerprint density at radius 3 is 2.65 bits per heavy atom. The second kappa shape index (κ2) is 7.05. The van der Waals surface area contributed by atoms with Gasteiger partial charge in [-0.1, -0.05) is 30.3 Å². The Labute approximate surface area is 135 Å². The van der Waals surface area contributed by atoms with Crippen LogP contribution in [0.25, 0.3) is 0 Å². The molecule has 0 radical (unpaired) electrons. The Kier molecular flexibility index (Phi) is 4.66. The first-order valence-electron chi connectivity index (χ1n) is 7.79. The van der Waals surface area contributed by atoms with E-state index >= 15 is 0 Å². The lowest BCUT2D eigenvalue weighted by Crippen LogP contribution is -2.23. The van der Waals surface area contributed by atoms with Gasteiger partial charge in [-0.15, -0.1) is 0 Å². The molecule has 1 aliphatic rings. The van der Waals surface area contributed by atoms with Crippen LogP contribution in [0, 0.1) is 5.92 Å². The minimum Gasteiger partial charge on any atom is -0.348 e. The van der Waals surface area contributed by atoms with Crippen LogP contribution in [0.1, 0.15) is 35.2 Å². The van der Waals surface area contributed by atoms with Crippen molar-refractivity contribution < 1.29 is 9.59 Å². The lowest BCUT2D eigenvalue weighted by atomic mass is 10.2. The lowest BCUT2D eigenvalue weighted by molar-refractivity contribution is -0.116. The molecule has 0 bridgehead atoms. The molecule has 1 saturated carbocycles. The normalized spacial score (nSPS) is 13.4. The Balaban J connectivity index is 1.57. The molecule has 1 fully saturated rings. The number of benzene rings is 1. The average molecular weight is 309 g/mol. The summed E-state index contributed by atoms with van der Waals surface area (Å²) in [6.07, 6.45) is 4.32. The second-order valence-electron chi connectivity index (χ2n) is 5.79. The maximum Gasteiger partial charge on any atom is 0.251 e. The molecule has 0 spiro atoms. The molecule has 2 amide bonds. The number of nitrogens with zero attached hydrogens (tertiary/aromatic N) is 1. The second-order valence-corrected chi connectivity index (χ2v) is 5.79. The van der Waals surface area contributed by atoms with Crippen LogP contribution in [0.4, 0.5) is 5.82 Å². The fourth-order valence-electron chi connectivity index (χ4n) is 2.30. The zero-order valence-electron chi connectivity index (χ0n) is 12.8. The molecule has 5 nitrogen and oxygen atoms in total. The first-order chi connectivity index (χ1) is 11.2. The summed E-state index contributed by atoms with van der Waals surface area (Å²) in [5, 5.41) is 5.61. The van der Waals surface area contributed by atoms with Crippen LogP contribution in [0.5, 0.6) is 0 Å². The molecule has 1 heterocycles. The highest BCUT2D eigenvalue weighted by molar-refractivity contribution is 5.96. The van der Waals surface area contributed by atoms with Crippen molar-refractivity contribution in [2.75, 3.05) is 5.32 Å². The highest BCUT2D eigenvalue weighted by Crippen LogP contribution is 2.32. The average Bonchev–Trinajstić information content (AvgIpc) is 3.37. The van der Waals surface area contributed by atoms with Gasteiger partial charge in [-0.2, -0.15) is 0 Å². The summed E-state index contributed by atoms with van der Waals surface area (Å²) in [6.45, 7) is 0.464. The molecular weight excluding hydrogens is 290 g/mol. The zero-order chi connectivity index (χ0) is 16.1. The van der Waals surface area contributed by atoms with Gasteiger partial charge in [-0.05, 0) is 36.5 Å². The number of rotatable bonds is 6. The van der Waals surface area contributed by atoms with Gasteiger partial charge >= 0.3 is 0 Å². The van der Waals surface area contributed by atoms with Crippen molar-refractivity contribution in [2.45, 2.75) is 25.8 Å². The number of anilines is 1. The van der Waals surface area contributed by atoms with E-state index in [2.05, 4.69) is 15.6 Å². The van der Waals surface area contributed by atoms with Crippen molar-refractivity contribution in [3.8, 4) is 0 Å². The Bertz CT molecular complexity index is 696. The van der Waals surface area contributed by atoms with Gasteiger partial charge in [0.15, 0.2) is 0 Å². The number of aromatic nitrogens is 1. The summed E-state index contributed by atoms with van der Waals surface area (Å²) in [5.74, 6) is 0.714. The molecule has 118 valence electrons. The third kappa shape index (κ3) is 4.64. The van der Waals surface area contributed by atoms with Crippen molar-refractivity contribution in [3.05, 3.63) is 59.8 Å². The predicted octanol–water partition coefficient (Wildman–Crippen LogP) is 2.75. The van der Waals surface area contributed by atoms with Gasteiger partial charge in [0.25, 0.3) is 5.91 Å². The molecule has 23 heavy (non-hydrogen) atoms. The molecular formula is C18H19N3O2. The van der Waals surface area contributed by atoms with E-state index in [1.54, 1.807) is 12.1 Å². The highest BCUT2D eigenvalue weighted by Gasteiger charge is 2.24. The minimum atomic E-state index is -0.186. The first-order valence-corrected chi connectivity index (χ1v) is 7.79. The number of hydrogen-bond acceptors (Lipinski definition) is 3. The van der Waals surface area contributed by atoms with Gasteiger partial charge in [-0.25, -0.2) is 4.98 Å². The fourth-order valence-corrected chi connectivity index (χ4v) is 2.30. The molecule has 1 aromatic carbocycles. The van der Waals surface area contributed by atoms with Gasteiger partial charge in [0.05, 0.1) is 0 Å². The molecule has 0 aliphatic heterocycles. The number of carbonyl (C=O) groups is 2. The third-order valence-corrected chi connectivity index (χ3v) is 3.76. The van der Waals surface area contributed by atoms with Crippen molar-refractivity contribution in [1.29, 1.82) is 0 Å². The molecule has 0 saturated heterocycles. The molecule has 1 aliphatic carbocycles. The van der Waals surface area contributed by atoms with Crippen LogP contribution >= 0.6 is 0 Å². The Morgan fingerprint density at radius 2 is 1.91 bits per heavy atom. The van der Waals surface area contributed by atoms with E-state index < -0.39 is 0 Å². The van der Waals surface area contributed by atoms with Crippen LogP contribution in [-0.4, -0.2) is 16.8 Å². The number of hydrogen-bond donors (Lipinski definition) is 2. The molecule has 5 heteroatoms. The molecule has 2 N–H and O–H groups in total. The van der Waals surface area contributed by atoms with Crippen molar-refractivity contribution in [2.24, 2.45) is 5.92 Å². The van der Waals surface area contributed by atoms with Crippen LogP contribution in [-0.2, 0) is 11.3 Å². The predicted molar refractivity (Wildman–Crippen MR) is 87.8 cm³/mol. The number of amides is 2. The maximum absolute atomic E-state index is 12.2. The summed E-state index contributed by atoms with van der Waals surface area (Å²) in [7, 11) is 0. The summed E-state index contributed by atoms with van der Waals surface area (Å²) in [4.78, 5) is 28.1. The van der Waals surface area contributed by atoms with Crippen LogP contribution < -0.4 is 10.6 Å². The Hall–Kier alpha value is -2.69. The molecule has 0 atom stereocenters. The van der Waals surface area contributed by atoms with Crippen LogP contribution in [0.15, 0.2) is 48.7 Å². The summed E-state index contributed by atoms with van der Waals surface area (Å²) < 4.78 is 0. The van der Waals surface area contributed by atoms with E-state index in [4.69, 9.17) is 0 Å². The number of carbonyl (C=O) groups excluding carboxylic acids is 2. The van der Waals surface area contributed by atoms with E-state index in [-0.39, 0.29) is 11.8 Å². The first kappa shape index (κ1) is 15.2. The van der Waals surface area contributed by atoms with Gasteiger partial charge in [0.1, 0.15) is 5.82 Å². The monoisotopic (exact) mass is 309 g/mol. The maximum atomic E-state index is 12.2. The summed E-state index contributed by atoms with van der Waals surface area (Å²) in [5.41, 5.74) is 1.52. The standard InChI is InChI=1S/C18H19N3O2/c22-17(10-13-6-7-13)21-16-11-15(8-9-19-16)18(23)20-12-14-4-2-1-3-5-14/h1-5,8-9,11,13H,6-7,10,12H2,(H,20,23)(H,19,21,22). The lowest BCUT2D eigenvalue weighted by Gasteiger charge is -2.08. The minimum absolute atomic E-state index is 0.0400. The van der Waals surface area contributed by atoms with E-state index in [1.807, 2.05) is 30.3 Å². The fraction of sp³-hybridized carbons (Fsp3) is 0.278. The smallest absolute Gasteiger partial charge is 0.251 e. The van der Waals surface area contributed by atoms with Crippen molar-refractivity contribution in [1.82, 2.24) is 10.3 Å². The van der Waals surface area contributed by atoms with E-state index in [1.165, 1.54) is 6.20 Å². The SMILES string of the molecule is O=C(CC1CC1)Nc1cc(C(=O)NCc2ccccc2)ccn1. The number of nitrogens with one attached hydrogen (secondary N) is 2. The van der Waals surface area contributed by atoms with Gasteiger partial charge in [-0.3, -0.25) is 9.59 Å². The van der Waals surface area contributed by atoms with Crippen molar-refractivity contribution in [3.63, 3.8) is 0 Å². The largest absolute Gasteiger partial charge is 0.348 e. The summed E-state index contributed by atoms with van der Waals surface area (Å²) in [6, 6.07) is 12.9. The number of pyridine rings is 1. The van der Waals surface area contributed by atoms with Gasteiger partial charge in [0, 0.05) is 24.7 Å². The summed E-state index contributed by atoms with van der Waals surface area (Å²) >= 11 is 0. The molecule has 1 aromatic heterocycles. The zero-order valence-corrected chi connectivity index (χ0v) is 12.8. The molecule has 0 unspecified atom stereocenters. The topological polar surface area (TPSA) is 71.1 Å². The van der Waals surface area contributed by atoms with Crippen LogP contribution in [0.2, 0.25) is 0 Å². The molecule has 2 aromatic rings. The van der Waals surface area contributed by atoms with Crippen LogP contribution in [0.3, 0.4) is 0 Å². The third-order valence-electron chi connectivity index (χ3n) is 3.76. The highest BCUT2D eigenvalue weighted by atomic mass is 16.2. The van der Waals surface area contributed by atoms with Gasteiger partial charge < -0.3 is 10.6 Å². The molecule has 3 rings (SSSR count). The van der Waals surface area contributed by atoms with E-state index in [0.717, 1.165) is 18.4 Å². The van der Waals surface area contributed by atoms with Crippen molar-refractivity contribution >= 4 is 17.6 Å². The van der Waals surface area contributed by atoms with E-state index in [0.29, 0.717) is 30.3 Å².